The molecule has 1 heterocycles. The van der Waals surface area contributed by atoms with Crippen LogP contribution in [-0.2, 0) is 6.18 Å². The number of nitrogens with zero attached hydrogens (tertiary/aromatic N) is 2. The lowest BCUT2D eigenvalue weighted by Crippen LogP contribution is -2.16. The van der Waals surface area contributed by atoms with Crippen LogP contribution in [0.15, 0.2) is 42.6 Å². The number of aromatic nitrogens is 1. The Morgan fingerprint density at radius 2 is 1.90 bits per heavy atom. The Morgan fingerprint density at radius 3 is 2.57 bits per heavy atom. The number of rotatable bonds is 3. The second kappa shape index (κ2) is 5.83. The number of alkyl halides is 3. The maximum atomic E-state index is 13.0. The van der Waals surface area contributed by atoms with Gasteiger partial charge in [-0.15, -0.1) is 0 Å². The molecule has 1 N–H and O–H groups in total. The van der Waals surface area contributed by atoms with Gasteiger partial charge in [0, 0.05) is 6.20 Å². The van der Waals surface area contributed by atoms with E-state index in [1.54, 1.807) is 25.1 Å². The van der Waals surface area contributed by atoms with Crippen LogP contribution >= 0.6 is 0 Å². The van der Waals surface area contributed by atoms with Crippen LogP contribution in [0, 0.1) is 11.3 Å². The molecule has 0 bridgehead atoms. The van der Waals surface area contributed by atoms with Crippen molar-refractivity contribution < 1.29 is 13.2 Å². The molecule has 1 unspecified atom stereocenters. The summed E-state index contributed by atoms with van der Waals surface area (Å²) in [5.74, 6) is 0.268. The maximum absolute atomic E-state index is 13.0. The molecule has 1 aromatic carbocycles. The van der Waals surface area contributed by atoms with Gasteiger partial charge in [0.1, 0.15) is 11.9 Å². The maximum Gasteiger partial charge on any atom is 0.416 e. The molecular formula is C15H12F3N3. The Hall–Kier alpha value is -2.55. The van der Waals surface area contributed by atoms with E-state index in [-0.39, 0.29) is 16.9 Å². The summed E-state index contributed by atoms with van der Waals surface area (Å²) in [7, 11) is 0. The van der Waals surface area contributed by atoms with Crippen molar-refractivity contribution >= 4 is 5.82 Å². The lowest BCUT2D eigenvalue weighted by molar-refractivity contribution is -0.138. The second-order valence-corrected chi connectivity index (χ2v) is 4.46. The van der Waals surface area contributed by atoms with Gasteiger partial charge in [0.15, 0.2) is 0 Å². The average molecular weight is 291 g/mol. The Balaban J connectivity index is 2.34. The fourth-order valence-corrected chi connectivity index (χ4v) is 2.03. The molecule has 3 nitrogen and oxygen atoms in total. The molecule has 108 valence electrons. The van der Waals surface area contributed by atoms with Crippen LogP contribution in [0.4, 0.5) is 19.0 Å². The summed E-state index contributed by atoms with van der Waals surface area (Å²) in [6.07, 6.45) is -2.94. The number of benzene rings is 1. The lowest BCUT2D eigenvalue weighted by atomic mass is 10.0. The standard InChI is InChI=1S/C15H12F3N3/c1-10(21-14-11(9-19)5-4-8-20-14)12-6-2-3-7-13(12)15(16,17)18/h2-8,10H,1H3,(H,20,21). The minimum absolute atomic E-state index is 0.111. The molecule has 0 aliphatic heterocycles. The topological polar surface area (TPSA) is 48.7 Å². The van der Waals surface area contributed by atoms with Crippen molar-refractivity contribution in [2.75, 3.05) is 5.32 Å². The summed E-state index contributed by atoms with van der Waals surface area (Å²) in [6.45, 7) is 1.60. The molecule has 2 rings (SSSR count). The summed E-state index contributed by atoms with van der Waals surface area (Å²) < 4.78 is 39.0. The predicted octanol–water partition coefficient (Wildman–Crippen LogP) is 4.15. The first-order chi connectivity index (χ1) is 9.93. The molecule has 6 heteroatoms. The van der Waals surface area contributed by atoms with Crippen LogP contribution in [-0.4, -0.2) is 4.98 Å². The van der Waals surface area contributed by atoms with Gasteiger partial charge in [0.05, 0.1) is 17.2 Å². The average Bonchev–Trinajstić information content (AvgIpc) is 2.47. The van der Waals surface area contributed by atoms with Gasteiger partial charge in [-0.2, -0.15) is 18.4 Å². The number of nitrogens with one attached hydrogen (secondary N) is 1. The third kappa shape index (κ3) is 3.31. The van der Waals surface area contributed by atoms with E-state index in [0.717, 1.165) is 6.07 Å². The highest BCUT2D eigenvalue weighted by Gasteiger charge is 2.34. The summed E-state index contributed by atoms with van der Waals surface area (Å²) >= 11 is 0. The Kier molecular flexibility index (Phi) is 4.13. The van der Waals surface area contributed by atoms with Crippen LogP contribution in [0.25, 0.3) is 0 Å². The molecule has 0 amide bonds. The van der Waals surface area contributed by atoms with Crippen molar-refractivity contribution in [3.8, 4) is 6.07 Å². The SMILES string of the molecule is CC(Nc1ncccc1C#N)c1ccccc1C(F)(F)F. The van der Waals surface area contributed by atoms with E-state index in [4.69, 9.17) is 5.26 Å². The molecular weight excluding hydrogens is 279 g/mol. The minimum atomic E-state index is -4.42. The quantitative estimate of drug-likeness (QED) is 0.924. The van der Waals surface area contributed by atoms with Crippen molar-refractivity contribution in [3.63, 3.8) is 0 Å². The zero-order valence-electron chi connectivity index (χ0n) is 11.1. The Labute approximate surface area is 120 Å². The molecule has 2 aromatic rings. The number of hydrogen-bond donors (Lipinski definition) is 1. The molecule has 0 radical (unpaired) electrons. The number of anilines is 1. The van der Waals surface area contributed by atoms with Gasteiger partial charge in [0.25, 0.3) is 0 Å². The summed E-state index contributed by atoms with van der Waals surface area (Å²) in [5.41, 5.74) is -0.298. The van der Waals surface area contributed by atoms with Crippen LogP contribution in [0.1, 0.15) is 29.7 Å². The van der Waals surface area contributed by atoms with Crippen LogP contribution in [0.2, 0.25) is 0 Å². The number of nitriles is 1. The third-order valence-corrected chi connectivity index (χ3v) is 3.01. The lowest BCUT2D eigenvalue weighted by Gasteiger charge is -2.20. The highest BCUT2D eigenvalue weighted by molar-refractivity contribution is 5.53. The summed E-state index contributed by atoms with van der Waals surface area (Å²) in [5, 5.41) is 11.8. The van der Waals surface area contributed by atoms with Gasteiger partial charge in [-0.1, -0.05) is 18.2 Å². The van der Waals surface area contributed by atoms with E-state index < -0.39 is 17.8 Å². The zero-order valence-corrected chi connectivity index (χ0v) is 11.1. The molecule has 0 saturated heterocycles. The normalized spacial score (nSPS) is 12.5. The van der Waals surface area contributed by atoms with Gasteiger partial charge >= 0.3 is 6.18 Å². The number of pyridine rings is 1. The first kappa shape index (κ1) is 14.9. The Bertz CT molecular complexity index is 674. The van der Waals surface area contributed by atoms with E-state index in [9.17, 15) is 13.2 Å². The molecule has 0 aliphatic rings. The minimum Gasteiger partial charge on any atom is -0.362 e. The van der Waals surface area contributed by atoms with Crippen molar-refractivity contribution in [1.29, 1.82) is 5.26 Å². The zero-order chi connectivity index (χ0) is 15.5. The van der Waals surface area contributed by atoms with Crippen LogP contribution < -0.4 is 5.32 Å². The van der Waals surface area contributed by atoms with Crippen molar-refractivity contribution in [2.45, 2.75) is 19.1 Å². The smallest absolute Gasteiger partial charge is 0.362 e. The monoisotopic (exact) mass is 291 g/mol. The first-order valence-corrected chi connectivity index (χ1v) is 6.21. The van der Waals surface area contributed by atoms with Crippen LogP contribution in [0.5, 0.6) is 0 Å². The highest BCUT2D eigenvalue weighted by atomic mass is 19.4. The number of halogens is 3. The van der Waals surface area contributed by atoms with Crippen molar-refractivity contribution in [2.24, 2.45) is 0 Å². The van der Waals surface area contributed by atoms with Gasteiger partial charge in [0.2, 0.25) is 0 Å². The number of hydrogen-bond acceptors (Lipinski definition) is 3. The molecule has 1 aromatic heterocycles. The fourth-order valence-electron chi connectivity index (χ4n) is 2.03. The molecule has 1 atom stereocenters. The van der Waals surface area contributed by atoms with Gasteiger partial charge in [-0.3, -0.25) is 0 Å². The largest absolute Gasteiger partial charge is 0.416 e. The van der Waals surface area contributed by atoms with Gasteiger partial charge in [-0.05, 0) is 30.7 Å². The molecule has 0 fully saturated rings. The van der Waals surface area contributed by atoms with E-state index >= 15 is 0 Å². The van der Waals surface area contributed by atoms with E-state index in [1.807, 2.05) is 6.07 Å². The van der Waals surface area contributed by atoms with E-state index in [1.165, 1.54) is 18.3 Å². The van der Waals surface area contributed by atoms with E-state index in [2.05, 4.69) is 10.3 Å². The summed E-state index contributed by atoms with van der Waals surface area (Å²) in [4.78, 5) is 3.99. The van der Waals surface area contributed by atoms with E-state index in [0.29, 0.717) is 0 Å². The molecule has 21 heavy (non-hydrogen) atoms. The van der Waals surface area contributed by atoms with Crippen LogP contribution in [0.3, 0.4) is 0 Å². The second-order valence-electron chi connectivity index (χ2n) is 4.46. The van der Waals surface area contributed by atoms with Gasteiger partial charge in [-0.25, -0.2) is 4.98 Å². The third-order valence-electron chi connectivity index (χ3n) is 3.01. The van der Waals surface area contributed by atoms with Crippen molar-refractivity contribution in [3.05, 3.63) is 59.3 Å². The van der Waals surface area contributed by atoms with Gasteiger partial charge < -0.3 is 5.32 Å². The predicted molar refractivity (Wildman–Crippen MR) is 72.4 cm³/mol. The molecule has 0 saturated carbocycles. The fraction of sp³-hybridized carbons (Fsp3) is 0.200. The highest BCUT2D eigenvalue weighted by Crippen LogP contribution is 2.35. The Morgan fingerprint density at radius 1 is 1.19 bits per heavy atom. The molecule has 0 aliphatic carbocycles. The first-order valence-electron chi connectivity index (χ1n) is 6.21. The van der Waals surface area contributed by atoms with Crippen molar-refractivity contribution in [1.82, 2.24) is 4.98 Å². The molecule has 0 spiro atoms. The summed E-state index contributed by atoms with van der Waals surface area (Å²) in [6, 6.07) is 9.81.